The van der Waals surface area contributed by atoms with Gasteiger partial charge in [0, 0.05) is 19.0 Å². The Morgan fingerprint density at radius 2 is 1.88 bits per heavy atom. The van der Waals surface area contributed by atoms with Crippen molar-refractivity contribution < 1.29 is 19.5 Å². The van der Waals surface area contributed by atoms with Crippen LogP contribution in [0.3, 0.4) is 0 Å². The zero-order valence-corrected chi connectivity index (χ0v) is 10.1. The zero-order chi connectivity index (χ0) is 13.3. The van der Waals surface area contributed by atoms with E-state index in [1.165, 1.54) is 0 Å². The highest BCUT2D eigenvalue weighted by atomic mass is 16.4. The number of hydrogen-bond donors (Lipinski definition) is 4. The van der Waals surface area contributed by atoms with Crippen molar-refractivity contribution in [2.75, 3.05) is 13.1 Å². The maximum absolute atomic E-state index is 11.3. The summed E-state index contributed by atoms with van der Waals surface area (Å²) < 4.78 is 0. The van der Waals surface area contributed by atoms with Gasteiger partial charge in [0.05, 0.1) is 6.54 Å². The fourth-order valence-electron chi connectivity index (χ4n) is 1.11. The van der Waals surface area contributed by atoms with Gasteiger partial charge >= 0.3 is 12.0 Å². The predicted molar refractivity (Wildman–Crippen MR) is 61.5 cm³/mol. The van der Waals surface area contributed by atoms with Gasteiger partial charge in [0.2, 0.25) is 5.91 Å². The van der Waals surface area contributed by atoms with Crippen molar-refractivity contribution in [1.82, 2.24) is 16.0 Å². The first-order valence-electron chi connectivity index (χ1n) is 5.48. The molecule has 0 spiro atoms. The fraction of sp³-hybridized carbons (Fsp3) is 0.700. The van der Waals surface area contributed by atoms with Crippen LogP contribution in [0, 0.1) is 0 Å². The summed E-state index contributed by atoms with van der Waals surface area (Å²) in [7, 11) is 0. The number of urea groups is 1. The largest absolute Gasteiger partial charge is 0.481 e. The normalized spacial score (nSPS) is 11.4. The summed E-state index contributed by atoms with van der Waals surface area (Å²) in [4.78, 5) is 32.6. The second-order valence-corrected chi connectivity index (χ2v) is 3.61. The van der Waals surface area contributed by atoms with Gasteiger partial charge in [0.25, 0.3) is 0 Å². The molecule has 1 atom stereocenters. The van der Waals surface area contributed by atoms with Crippen LogP contribution in [-0.4, -0.2) is 42.1 Å². The van der Waals surface area contributed by atoms with Crippen molar-refractivity contribution in [2.45, 2.75) is 32.7 Å². The van der Waals surface area contributed by atoms with E-state index in [2.05, 4.69) is 16.0 Å². The Bertz CT molecular complexity index is 281. The van der Waals surface area contributed by atoms with E-state index in [9.17, 15) is 14.4 Å². The first-order chi connectivity index (χ1) is 7.95. The van der Waals surface area contributed by atoms with Crippen LogP contribution < -0.4 is 16.0 Å². The standard InChI is InChI=1S/C10H19N3O4/c1-3-11-8(14)6-12-10(17)13-7(2)4-5-9(15)16/h7H,3-6H2,1-2H3,(H,11,14)(H,15,16)(H2,12,13,17). The van der Waals surface area contributed by atoms with Crippen LogP contribution in [-0.2, 0) is 9.59 Å². The van der Waals surface area contributed by atoms with E-state index in [1.54, 1.807) is 13.8 Å². The van der Waals surface area contributed by atoms with Crippen LogP contribution in [0.25, 0.3) is 0 Å². The van der Waals surface area contributed by atoms with Crippen molar-refractivity contribution >= 4 is 17.9 Å². The van der Waals surface area contributed by atoms with Crippen LogP contribution >= 0.6 is 0 Å². The van der Waals surface area contributed by atoms with Crippen LogP contribution in [0.4, 0.5) is 4.79 Å². The maximum atomic E-state index is 11.3. The molecule has 17 heavy (non-hydrogen) atoms. The molecule has 0 heterocycles. The van der Waals surface area contributed by atoms with Gasteiger partial charge < -0.3 is 21.1 Å². The molecule has 0 aliphatic heterocycles. The molecule has 1 unspecified atom stereocenters. The van der Waals surface area contributed by atoms with Gasteiger partial charge in [0.15, 0.2) is 0 Å². The number of amides is 3. The van der Waals surface area contributed by atoms with E-state index in [0.29, 0.717) is 13.0 Å². The van der Waals surface area contributed by atoms with Gasteiger partial charge in [0.1, 0.15) is 0 Å². The molecule has 0 aliphatic carbocycles. The molecule has 3 amide bonds. The van der Waals surface area contributed by atoms with E-state index in [1.807, 2.05) is 0 Å². The number of nitrogens with one attached hydrogen (secondary N) is 3. The van der Waals surface area contributed by atoms with E-state index in [4.69, 9.17) is 5.11 Å². The summed E-state index contributed by atoms with van der Waals surface area (Å²) in [6.45, 7) is 3.91. The molecule has 7 heteroatoms. The molecule has 98 valence electrons. The van der Waals surface area contributed by atoms with Crippen LogP contribution in [0.1, 0.15) is 26.7 Å². The lowest BCUT2D eigenvalue weighted by Gasteiger charge is -2.13. The van der Waals surface area contributed by atoms with Crippen LogP contribution in [0.5, 0.6) is 0 Å². The molecule has 0 radical (unpaired) electrons. The number of carbonyl (C=O) groups excluding carboxylic acids is 2. The number of likely N-dealkylation sites (N-methyl/N-ethyl adjacent to an activating group) is 1. The van der Waals surface area contributed by atoms with Crippen molar-refractivity contribution in [3.8, 4) is 0 Å². The molecule has 0 fully saturated rings. The number of hydrogen-bond acceptors (Lipinski definition) is 3. The second kappa shape index (κ2) is 8.37. The van der Waals surface area contributed by atoms with Gasteiger partial charge in [-0.25, -0.2) is 4.79 Å². The smallest absolute Gasteiger partial charge is 0.315 e. The molecule has 7 nitrogen and oxygen atoms in total. The highest BCUT2D eigenvalue weighted by Gasteiger charge is 2.09. The summed E-state index contributed by atoms with van der Waals surface area (Å²) in [5.74, 6) is -1.16. The molecular weight excluding hydrogens is 226 g/mol. The summed E-state index contributed by atoms with van der Waals surface area (Å²) >= 11 is 0. The molecule has 0 bridgehead atoms. The monoisotopic (exact) mass is 245 g/mol. The summed E-state index contributed by atoms with van der Waals surface area (Å²) in [6.07, 6.45) is 0.349. The van der Waals surface area contributed by atoms with Crippen LogP contribution in [0.2, 0.25) is 0 Å². The van der Waals surface area contributed by atoms with Gasteiger partial charge in [-0.1, -0.05) is 0 Å². The number of carboxylic acids is 1. The molecular formula is C10H19N3O4. The quantitative estimate of drug-likeness (QED) is 0.492. The van der Waals surface area contributed by atoms with Crippen molar-refractivity contribution in [3.63, 3.8) is 0 Å². The average molecular weight is 245 g/mol. The number of aliphatic carboxylic acids is 1. The minimum Gasteiger partial charge on any atom is -0.481 e. The molecule has 0 saturated heterocycles. The molecule has 0 rings (SSSR count). The van der Waals surface area contributed by atoms with Crippen molar-refractivity contribution in [3.05, 3.63) is 0 Å². The average Bonchev–Trinajstić information content (AvgIpc) is 2.24. The summed E-state index contributed by atoms with van der Waals surface area (Å²) in [5.41, 5.74) is 0. The molecule has 4 N–H and O–H groups in total. The molecule has 0 aromatic heterocycles. The number of carbonyl (C=O) groups is 3. The van der Waals surface area contributed by atoms with Gasteiger partial charge in [-0.2, -0.15) is 0 Å². The van der Waals surface area contributed by atoms with E-state index < -0.39 is 12.0 Å². The lowest BCUT2D eigenvalue weighted by Crippen LogP contribution is -2.45. The molecule has 0 aliphatic rings. The lowest BCUT2D eigenvalue weighted by atomic mass is 10.2. The Morgan fingerprint density at radius 3 is 2.41 bits per heavy atom. The zero-order valence-electron chi connectivity index (χ0n) is 10.1. The Morgan fingerprint density at radius 1 is 1.24 bits per heavy atom. The Balaban J connectivity index is 3.70. The SMILES string of the molecule is CCNC(=O)CNC(=O)NC(C)CCC(=O)O. The van der Waals surface area contributed by atoms with Crippen molar-refractivity contribution in [1.29, 1.82) is 0 Å². The molecule has 0 aromatic rings. The Labute approximate surface area is 100.0 Å². The first kappa shape index (κ1) is 15.2. The van der Waals surface area contributed by atoms with Crippen LogP contribution in [0.15, 0.2) is 0 Å². The summed E-state index contributed by atoms with van der Waals surface area (Å²) in [6, 6.07) is -0.727. The Hall–Kier alpha value is -1.79. The Kier molecular flexibility index (Phi) is 7.49. The topological polar surface area (TPSA) is 108 Å². The van der Waals surface area contributed by atoms with Gasteiger partial charge in [-0.05, 0) is 20.3 Å². The first-order valence-corrected chi connectivity index (χ1v) is 5.48. The molecule has 0 aromatic carbocycles. The highest BCUT2D eigenvalue weighted by Crippen LogP contribution is 1.95. The lowest BCUT2D eigenvalue weighted by molar-refractivity contribution is -0.137. The maximum Gasteiger partial charge on any atom is 0.315 e. The van der Waals surface area contributed by atoms with Gasteiger partial charge in [-0.3, -0.25) is 9.59 Å². The predicted octanol–water partition coefficient (Wildman–Crippen LogP) is -0.325. The second-order valence-electron chi connectivity index (χ2n) is 3.61. The van der Waals surface area contributed by atoms with Gasteiger partial charge in [-0.15, -0.1) is 0 Å². The van der Waals surface area contributed by atoms with E-state index in [0.717, 1.165) is 0 Å². The van der Waals surface area contributed by atoms with Crippen molar-refractivity contribution in [2.24, 2.45) is 0 Å². The minimum absolute atomic E-state index is 0.00221. The third-order valence-corrected chi connectivity index (χ3v) is 1.95. The highest BCUT2D eigenvalue weighted by molar-refractivity contribution is 5.83. The van der Waals surface area contributed by atoms with E-state index in [-0.39, 0.29) is 24.9 Å². The number of rotatable bonds is 7. The third-order valence-electron chi connectivity index (χ3n) is 1.95. The number of carboxylic acid groups (broad SMARTS) is 1. The minimum atomic E-state index is -0.901. The third kappa shape index (κ3) is 9.16. The fourth-order valence-corrected chi connectivity index (χ4v) is 1.11. The molecule has 0 saturated carbocycles. The summed E-state index contributed by atoms with van der Waals surface area (Å²) in [5, 5.41) is 15.9. The van der Waals surface area contributed by atoms with E-state index >= 15 is 0 Å².